The van der Waals surface area contributed by atoms with Crippen molar-refractivity contribution in [3.63, 3.8) is 0 Å². The van der Waals surface area contributed by atoms with E-state index >= 15 is 0 Å². The van der Waals surface area contributed by atoms with Crippen LogP contribution in [0.15, 0.2) is 21.2 Å². The van der Waals surface area contributed by atoms with E-state index in [2.05, 4.69) is 21.2 Å². The summed E-state index contributed by atoms with van der Waals surface area (Å²) in [4.78, 5) is 11.3. The summed E-state index contributed by atoms with van der Waals surface area (Å²) in [5.41, 5.74) is 0. The first-order valence-corrected chi connectivity index (χ1v) is 4.94. The Labute approximate surface area is 90.0 Å². The van der Waals surface area contributed by atoms with Crippen LogP contribution in [0, 0.1) is 11.3 Å². The van der Waals surface area contributed by atoms with Crippen molar-refractivity contribution in [1.82, 2.24) is 5.32 Å². The van der Waals surface area contributed by atoms with Crippen molar-refractivity contribution in [2.24, 2.45) is 0 Å². The predicted octanol–water partition coefficient (Wildman–Crippen LogP) is 2.08. The van der Waals surface area contributed by atoms with E-state index in [9.17, 15) is 4.79 Å². The van der Waals surface area contributed by atoms with Gasteiger partial charge in [-0.1, -0.05) is 0 Å². The molecule has 0 aliphatic heterocycles. The average molecular weight is 257 g/mol. The van der Waals surface area contributed by atoms with Gasteiger partial charge in [0.2, 0.25) is 0 Å². The highest BCUT2D eigenvalue weighted by atomic mass is 79.9. The monoisotopic (exact) mass is 256 g/mol. The molecule has 0 saturated heterocycles. The van der Waals surface area contributed by atoms with E-state index in [-0.39, 0.29) is 11.7 Å². The van der Waals surface area contributed by atoms with Crippen molar-refractivity contribution in [3.05, 3.63) is 22.6 Å². The Morgan fingerprint density at radius 3 is 3.00 bits per heavy atom. The summed E-state index contributed by atoms with van der Waals surface area (Å²) in [5.74, 6) is 0.0162. The highest BCUT2D eigenvalue weighted by molar-refractivity contribution is 9.10. The van der Waals surface area contributed by atoms with Crippen molar-refractivity contribution >= 4 is 21.8 Å². The molecule has 14 heavy (non-hydrogen) atoms. The first kappa shape index (κ1) is 10.8. The first-order valence-electron chi connectivity index (χ1n) is 4.14. The van der Waals surface area contributed by atoms with Crippen LogP contribution in [-0.2, 0) is 0 Å². The van der Waals surface area contributed by atoms with Gasteiger partial charge in [-0.05, 0) is 34.5 Å². The molecule has 1 aromatic rings. The standard InChI is InChI=1S/C9H9BrN2O2/c10-8-4-3-7(14-8)9(13)12-6-2-1-5-11/h3-4H,1-2,6H2,(H,12,13). The van der Waals surface area contributed by atoms with Gasteiger partial charge < -0.3 is 9.73 Å². The molecule has 0 spiro atoms. The Bertz CT molecular complexity index is 354. The molecule has 0 unspecified atom stereocenters. The Morgan fingerprint density at radius 2 is 2.43 bits per heavy atom. The molecule has 0 atom stereocenters. The maximum Gasteiger partial charge on any atom is 0.287 e. The fourth-order valence-corrected chi connectivity index (χ4v) is 1.20. The van der Waals surface area contributed by atoms with E-state index in [1.165, 1.54) is 0 Å². The van der Waals surface area contributed by atoms with Gasteiger partial charge in [0, 0.05) is 13.0 Å². The van der Waals surface area contributed by atoms with Crippen LogP contribution in [0.1, 0.15) is 23.4 Å². The van der Waals surface area contributed by atoms with E-state index in [1.807, 2.05) is 6.07 Å². The number of hydrogen-bond acceptors (Lipinski definition) is 3. The normalized spacial score (nSPS) is 9.43. The van der Waals surface area contributed by atoms with Gasteiger partial charge in [-0.25, -0.2) is 0 Å². The second kappa shape index (κ2) is 5.45. The predicted molar refractivity (Wildman–Crippen MR) is 53.6 cm³/mol. The van der Waals surface area contributed by atoms with Gasteiger partial charge in [0.05, 0.1) is 6.07 Å². The number of unbranched alkanes of at least 4 members (excludes halogenated alkanes) is 1. The number of carbonyl (C=O) groups excluding carboxylic acids is 1. The zero-order chi connectivity index (χ0) is 10.4. The number of rotatable bonds is 4. The SMILES string of the molecule is N#CCCCNC(=O)c1ccc(Br)o1. The third-order valence-electron chi connectivity index (χ3n) is 1.55. The lowest BCUT2D eigenvalue weighted by atomic mass is 10.3. The van der Waals surface area contributed by atoms with Crippen LogP contribution in [0.3, 0.4) is 0 Å². The van der Waals surface area contributed by atoms with Crippen molar-refractivity contribution in [2.45, 2.75) is 12.8 Å². The summed E-state index contributed by atoms with van der Waals surface area (Å²) in [5, 5.41) is 10.9. The third-order valence-corrected chi connectivity index (χ3v) is 1.97. The summed E-state index contributed by atoms with van der Waals surface area (Å²) in [7, 11) is 0. The van der Waals surface area contributed by atoms with E-state index in [1.54, 1.807) is 12.1 Å². The van der Waals surface area contributed by atoms with E-state index in [0.717, 1.165) is 0 Å². The fraction of sp³-hybridized carbons (Fsp3) is 0.333. The van der Waals surface area contributed by atoms with Gasteiger partial charge in [-0.15, -0.1) is 0 Å². The van der Waals surface area contributed by atoms with Gasteiger partial charge in [0.1, 0.15) is 0 Å². The van der Waals surface area contributed by atoms with E-state index in [4.69, 9.17) is 9.68 Å². The van der Waals surface area contributed by atoms with Gasteiger partial charge in [-0.2, -0.15) is 5.26 Å². The minimum absolute atomic E-state index is 0.256. The highest BCUT2D eigenvalue weighted by Gasteiger charge is 2.08. The summed E-state index contributed by atoms with van der Waals surface area (Å²) >= 11 is 3.10. The van der Waals surface area contributed by atoms with E-state index < -0.39 is 0 Å². The molecule has 5 heteroatoms. The summed E-state index contributed by atoms with van der Waals surface area (Å²) < 4.78 is 5.57. The van der Waals surface area contributed by atoms with Crippen molar-refractivity contribution in [3.8, 4) is 6.07 Å². The zero-order valence-corrected chi connectivity index (χ0v) is 9.00. The Morgan fingerprint density at radius 1 is 1.64 bits per heavy atom. The van der Waals surface area contributed by atoms with Crippen LogP contribution in [-0.4, -0.2) is 12.5 Å². The molecule has 0 aliphatic carbocycles. The molecule has 0 radical (unpaired) electrons. The lowest BCUT2D eigenvalue weighted by Gasteiger charge is -1.99. The van der Waals surface area contributed by atoms with E-state index in [0.29, 0.717) is 24.1 Å². The van der Waals surface area contributed by atoms with Crippen LogP contribution in [0.4, 0.5) is 0 Å². The molecule has 0 aromatic carbocycles. The first-order chi connectivity index (χ1) is 6.74. The second-order valence-corrected chi connectivity index (χ2v) is 3.40. The lowest BCUT2D eigenvalue weighted by Crippen LogP contribution is -2.23. The maximum atomic E-state index is 11.3. The smallest absolute Gasteiger partial charge is 0.287 e. The fourth-order valence-electron chi connectivity index (χ4n) is 0.893. The average Bonchev–Trinajstić information content (AvgIpc) is 2.59. The van der Waals surface area contributed by atoms with Gasteiger partial charge >= 0.3 is 0 Å². The largest absolute Gasteiger partial charge is 0.444 e. The van der Waals surface area contributed by atoms with Gasteiger partial charge in [0.25, 0.3) is 5.91 Å². The topological polar surface area (TPSA) is 66.0 Å². The lowest BCUT2D eigenvalue weighted by molar-refractivity contribution is 0.0924. The molecule has 4 nitrogen and oxygen atoms in total. The number of carbonyl (C=O) groups is 1. The summed E-state index contributed by atoms with van der Waals surface area (Å²) in [6, 6.07) is 5.25. The van der Waals surface area contributed by atoms with Crippen molar-refractivity contribution < 1.29 is 9.21 Å². The quantitative estimate of drug-likeness (QED) is 0.839. The van der Waals surface area contributed by atoms with Gasteiger partial charge in [0.15, 0.2) is 10.4 Å². The minimum atomic E-state index is -0.256. The van der Waals surface area contributed by atoms with Crippen LogP contribution >= 0.6 is 15.9 Å². The molecule has 0 aliphatic rings. The maximum absolute atomic E-state index is 11.3. The molecule has 74 valence electrons. The minimum Gasteiger partial charge on any atom is -0.444 e. The molecule has 1 aromatic heterocycles. The number of hydrogen-bond donors (Lipinski definition) is 1. The number of furan rings is 1. The highest BCUT2D eigenvalue weighted by Crippen LogP contribution is 2.13. The van der Waals surface area contributed by atoms with Crippen LogP contribution in [0.2, 0.25) is 0 Å². The third kappa shape index (κ3) is 3.23. The number of halogens is 1. The molecule has 1 rings (SSSR count). The Hall–Kier alpha value is -1.28. The van der Waals surface area contributed by atoms with Crippen molar-refractivity contribution in [1.29, 1.82) is 5.26 Å². The zero-order valence-electron chi connectivity index (χ0n) is 7.42. The summed E-state index contributed by atoms with van der Waals surface area (Å²) in [6.45, 7) is 0.491. The molecule has 0 bridgehead atoms. The second-order valence-electron chi connectivity index (χ2n) is 2.62. The molecule has 1 amide bonds. The molecule has 0 saturated carbocycles. The number of nitriles is 1. The summed E-state index contributed by atoms with van der Waals surface area (Å²) in [6.07, 6.45) is 1.10. The van der Waals surface area contributed by atoms with Gasteiger partial charge in [-0.3, -0.25) is 4.79 Å². The van der Waals surface area contributed by atoms with Crippen LogP contribution in [0.25, 0.3) is 0 Å². The Kier molecular flexibility index (Phi) is 4.20. The van der Waals surface area contributed by atoms with Crippen molar-refractivity contribution in [2.75, 3.05) is 6.54 Å². The van der Waals surface area contributed by atoms with Crippen LogP contribution in [0.5, 0.6) is 0 Å². The molecule has 0 fully saturated rings. The van der Waals surface area contributed by atoms with Crippen LogP contribution < -0.4 is 5.32 Å². The Balaban J connectivity index is 2.33. The molecular weight excluding hydrogens is 248 g/mol. The number of nitrogens with zero attached hydrogens (tertiary/aromatic N) is 1. The molecule has 1 N–H and O–H groups in total. The molecule has 1 heterocycles. The molecular formula is C9H9BrN2O2. The number of nitrogens with one attached hydrogen (secondary N) is 1. The number of amides is 1.